The van der Waals surface area contributed by atoms with Crippen LogP contribution in [-0.4, -0.2) is 64.5 Å². The van der Waals surface area contributed by atoms with Gasteiger partial charge in [-0.05, 0) is 105 Å². The Morgan fingerprint density at radius 2 is 1.67 bits per heavy atom. The first-order valence-electron chi connectivity index (χ1n) is 18.7. The summed E-state index contributed by atoms with van der Waals surface area (Å²) in [6, 6.07) is 13.6. The third-order valence-electron chi connectivity index (χ3n) is 12.1. The van der Waals surface area contributed by atoms with Gasteiger partial charge in [0.2, 0.25) is 17.8 Å². The molecule has 6 fully saturated rings. The number of hydrogen-bond donors (Lipinski definition) is 2. The predicted molar refractivity (Wildman–Crippen MR) is 197 cm³/mol. The molecule has 10 rings (SSSR count). The Morgan fingerprint density at radius 1 is 0.942 bits per heavy atom. The number of ether oxygens (including phenoxy) is 1. The molecule has 1 saturated heterocycles. The van der Waals surface area contributed by atoms with E-state index in [9.17, 15) is 14.4 Å². The van der Waals surface area contributed by atoms with Gasteiger partial charge in [0.25, 0.3) is 5.56 Å². The summed E-state index contributed by atoms with van der Waals surface area (Å²) in [5.74, 6) is 2.82. The lowest BCUT2D eigenvalue weighted by atomic mass is 9.49. The number of amides is 2. The van der Waals surface area contributed by atoms with Gasteiger partial charge in [0.05, 0.1) is 23.9 Å². The van der Waals surface area contributed by atoms with E-state index in [2.05, 4.69) is 30.4 Å². The molecule has 5 saturated carbocycles. The highest BCUT2D eigenvalue weighted by Crippen LogP contribution is 2.61. The molecular formula is C40H44FN7O4. The number of halogens is 1. The summed E-state index contributed by atoms with van der Waals surface area (Å²) < 4.78 is 22.1. The summed E-state index contributed by atoms with van der Waals surface area (Å²) >= 11 is 0. The van der Waals surface area contributed by atoms with Crippen molar-refractivity contribution in [1.29, 1.82) is 0 Å². The van der Waals surface area contributed by atoms with Crippen molar-refractivity contribution >= 4 is 45.9 Å². The second-order valence-corrected chi connectivity index (χ2v) is 15.9. The zero-order chi connectivity index (χ0) is 35.6. The van der Waals surface area contributed by atoms with Gasteiger partial charge in [-0.3, -0.25) is 19.0 Å². The number of anilines is 4. The quantitative estimate of drug-likeness (QED) is 0.209. The van der Waals surface area contributed by atoms with Crippen LogP contribution < -0.4 is 25.8 Å². The molecule has 1 aliphatic heterocycles. The molecule has 0 spiro atoms. The second kappa shape index (κ2) is 12.9. The SMILES string of the molecule is COc1cc(N2CCN(C(=O)CC34CC5CC(CC(C5)C3)C4)CC2)ccc1Nc1ncc2c(F)cc(=O)n(-c3cccc(NC(=O)C4CC4)c3)c2n1. The van der Waals surface area contributed by atoms with Crippen LogP contribution in [0, 0.1) is 34.9 Å². The number of benzene rings is 2. The van der Waals surface area contributed by atoms with Crippen LogP contribution in [-0.2, 0) is 9.59 Å². The van der Waals surface area contributed by atoms with Gasteiger partial charge in [-0.2, -0.15) is 4.98 Å². The van der Waals surface area contributed by atoms with Gasteiger partial charge in [-0.15, -0.1) is 0 Å². The van der Waals surface area contributed by atoms with Gasteiger partial charge in [-0.1, -0.05) is 6.07 Å². The summed E-state index contributed by atoms with van der Waals surface area (Å²) in [7, 11) is 1.59. The van der Waals surface area contributed by atoms with E-state index in [1.807, 2.05) is 18.2 Å². The molecule has 4 aromatic rings. The number of pyridine rings is 1. The van der Waals surface area contributed by atoms with E-state index in [0.717, 1.165) is 61.9 Å². The minimum atomic E-state index is -0.725. The monoisotopic (exact) mass is 705 g/mol. The minimum Gasteiger partial charge on any atom is -0.494 e. The largest absolute Gasteiger partial charge is 0.494 e. The molecule has 0 radical (unpaired) electrons. The Labute approximate surface area is 301 Å². The number of carbonyl (C=O) groups is 2. The number of nitrogens with zero attached hydrogens (tertiary/aromatic N) is 5. The molecule has 4 bridgehead atoms. The normalized spacial score (nSPS) is 25.0. The Morgan fingerprint density at radius 3 is 2.37 bits per heavy atom. The zero-order valence-corrected chi connectivity index (χ0v) is 29.4. The fourth-order valence-electron chi connectivity index (χ4n) is 9.94. The van der Waals surface area contributed by atoms with Crippen LogP contribution in [0.25, 0.3) is 16.7 Å². The van der Waals surface area contributed by atoms with Crippen molar-refractivity contribution in [1.82, 2.24) is 19.4 Å². The van der Waals surface area contributed by atoms with Crippen LogP contribution in [0.1, 0.15) is 57.8 Å². The van der Waals surface area contributed by atoms with E-state index in [1.165, 1.54) is 49.3 Å². The standard InChI is InChI=1S/C40H44FN7O4/c1-52-34-17-29(46-9-11-47(12-10-46)36(50)22-40-19-24-13-25(20-40)15-26(14-24)21-40)7-8-33(34)44-39-42-23-31-32(41)18-35(49)48(37(31)45-39)30-4-2-3-28(16-30)43-38(51)27-5-6-27/h2-4,7-8,16-18,23-27H,5-6,9-15,19-22H2,1H3,(H,43,51)(H,42,44,45). The summed E-state index contributed by atoms with van der Waals surface area (Å²) in [6.45, 7) is 2.88. The van der Waals surface area contributed by atoms with Crippen LogP contribution in [0.4, 0.5) is 27.4 Å². The Bertz CT molecular complexity index is 2090. The first kappa shape index (κ1) is 32.9. The van der Waals surface area contributed by atoms with Crippen LogP contribution in [0.3, 0.4) is 0 Å². The molecular weight excluding hydrogens is 661 g/mol. The van der Waals surface area contributed by atoms with Crippen molar-refractivity contribution in [2.24, 2.45) is 29.1 Å². The lowest BCUT2D eigenvalue weighted by molar-refractivity contribution is -0.139. The maximum atomic E-state index is 15.0. The van der Waals surface area contributed by atoms with Crippen LogP contribution >= 0.6 is 0 Å². The number of nitrogens with one attached hydrogen (secondary N) is 2. The molecule has 52 heavy (non-hydrogen) atoms. The van der Waals surface area contributed by atoms with Gasteiger partial charge in [0.15, 0.2) is 5.65 Å². The summed E-state index contributed by atoms with van der Waals surface area (Å²) in [5, 5.41) is 6.17. The van der Waals surface area contributed by atoms with Crippen molar-refractivity contribution in [3.8, 4) is 11.4 Å². The molecule has 11 nitrogen and oxygen atoms in total. The van der Waals surface area contributed by atoms with Gasteiger partial charge in [0.1, 0.15) is 11.6 Å². The highest BCUT2D eigenvalue weighted by molar-refractivity contribution is 5.94. The predicted octanol–water partition coefficient (Wildman–Crippen LogP) is 6.28. The first-order valence-corrected chi connectivity index (χ1v) is 18.7. The number of carbonyl (C=O) groups excluding carboxylic acids is 2. The fourth-order valence-corrected chi connectivity index (χ4v) is 9.94. The van der Waals surface area contributed by atoms with E-state index in [1.54, 1.807) is 31.4 Å². The molecule has 2 N–H and O–H groups in total. The molecule has 3 heterocycles. The lowest BCUT2D eigenvalue weighted by Gasteiger charge is -2.57. The van der Waals surface area contributed by atoms with Crippen LogP contribution in [0.15, 0.2) is 59.5 Å². The summed E-state index contributed by atoms with van der Waals surface area (Å²) in [5.41, 5.74) is 2.30. The molecule has 6 aliphatic rings. The highest BCUT2D eigenvalue weighted by Gasteiger charge is 2.51. The third kappa shape index (κ3) is 6.26. The topological polar surface area (TPSA) is 122 Å². The fraction of sp³-hybridized carbons (Fsp3) is 0.475. The third-order valence-corrected chi connectivity index (χ3v) is 12.1. The number of fused-ring (bicyclic) bond motifs is 1. The van der Waals surface area contributed by atoms with Crippen molar-refractivity contribution in [2.45, 2.75) is 57.8 Å². The maximum absolute atomic E-state index is 15.0. The average molecular weight is 706 g/mol. The van der Waals surface area contributed by atoms with E-state index in [-0.39, 0.29) is 34.2 Å². The van der Waals surface area contributed by atoms with Crippen molar-refractivity contribution in [2.75, 3.05) is 48.8 Å². The highest BCUT2D eigenvalue weighted by atomic mass is 19.1. The number of rotatable bonds is 9. The Kier molecular flexibility index (Phi) is 8.15. The van der Waals surface area contributed by atoms with Gasteiger partial charge in [-0.25, -0.2) is 9.37 Å². The molecule has 0 atom stereocenters. The molecule has 0 unspecified atom stereocenters. The molecule has 2 amide bonds. The number of piperazine rings is 1. The van der Waals surface area contributed by atoms with Crippen molar-refractivity contribution in [3.05, 3.63) is 70.9 Å². The second-order valence-electron chi connectivity index (χ2n) is 15.9. The Hall–Kier alpha value is -5.00. The molecule has 270 valence electrons. The van der Waals surface area contributed by atoms with E-state index in [0.29, 0.717) is 41.8 Å². The number of methoxy groups -OCH3 is 1. The maximum Gasteiger partial charge on any atom is 0.259 e. The minimum absolute atomic E-state index is 0.0203. The summed E-state index contributed by atoms with van der Waals surface area (Å²) in [6.07, 6.45) is 11.7. The van der Waals surface area contributed by atoms with E-state index in [4.69, 9.17) is 4.74 Å². The number of aromatic nitrogens is 3. The van der Waals surface area contributed by atoms with Crippen molar-refractivity contribution < 1.29 is 18.7 Å². The lowest BCUT2D eigenvalue weighted by Crippen LogP contribution is -2.52. The molecule has 12 heteroatoms. The van der Waals surface area contributed by atoms with Crippen LogP contribution in [0.5, 0.6) is 5.75 Å². The van der Waals surface area contributed by atoms with Gasteiger partial charge < -0.3 is 25.2 Å². The van der Waals surface area contributed by atoms with Gasteiger partial charge in [0, 0.05) is 68.2 Å². The smallest absolute Gasteiger partial charge is 0.259 e. The van der Waals surface area contributed by atoms with E-state index >= 15 is 4.39 Å². The van der Waals surface area contributed by atoms with Crippen molar-refractivity contribution in [3.63, 3.8) is 0 Å². The average Bonchev–Trinajstić information content (AvgIpc) is 3.98. The van der Waals surface area contributed by atoms with E-state index < -0.39 is 11.4 Å². The zero-order valence-electron chi connectivity index (χ0n) is 29.4. The number of hydrogen-bond acceptors (Lipinski definition) is 8. The Balaban J connectivity index is 0.899. The molecule has 5 aliphatic carbocycles. The molecule has 2 aromatic carbocycles. The summed E-state index contributed by atoms with van der Waals surface area (Å²) in [4.78, 5) is 52.4. The molecule has 2 aromatic heterocycles. The van der Waals surface area contributed by atoms with Crippen LogP contribution in [0.2, 0.25) is 0 Å². The first-order chi connectivity index (χ1) is 25.2. The van der Waals surface area contributed by atoms with Gasteiger partial charge >= 0.3 is 0 Å².